The van der Waals surface area contributed by atoms with Gasteiger partial charge in [0, 0.05) is 36.0 Å². The zero-order valence-corrected chi connectivity index (χ0v) is 27.7. The molecule has 3 aromatic rings. The van der Waals surface area contributed by atoms with Gasteiger partial charge in [0.1, 0.15) is 55.3 Å². The van der Waals surface area contributed by atoms with Gasteiger partial charge in [0.25, 0.3) is 10.2 Å². The van der Waals surface area contributed by atoms with E-state index in [9.17, 15) is 25.0 Å². The molecule has 0 aliphatic carbocycles. The van der Waals surface area contributed by atoms with Crippen molar-refractivity contribution in [2.24, 2.45) is 4.99 Å². The van der Waals surface area contributed by atoms with Crippen molar-refractivity contribution in [1.29, 1.82) is 0 Å². The van der Waals surface area contributed by atoms with Crippen LogP contribution in [0.2, 0.25) is 0 Å². The highest BCUT2D eigenvalue weighted by atomic mass is 17.0. The molecule has 0 fully saturated rings. The first-order chi connectivity index (χ1) is 22.9. The highest BCUT2D eigenvalue weighted by Crippen LogP contribution is 2.34. The van der Waals surface area contributed by atoms with Gasteiger partial charge in [0.05, 0.1) is 19.8 Å². The minimum Gasteiger partial charge on any atom is -0.497 e. The Morgan fingerprint density at radius 2 is 1.62 bits per heavy atom. The summed E-state index contributed by atoms with van der Waals surface area (Å²) in [4.78, 5) is 46.7. The van der Waals surface area contributed by atoms with Crippen LogP contribution in [0.5, 0.6) is 23.0 Å². The van der Waals surface area contributed by atoms with Crippen LogP contribution in [-0.2, 0) is 14.4 Å². The molecule has 1 atom stereocenters. The Hall–Kier alpha value is -5.80. The lowest BCUT2D eigenvalue weighted by Crippen LogP contribution is -2.30. The van der Waals surface area contributed by atoms with Crippen LogP contribution in [0.1, 0.15) is 38.2 Å². The molecular formula is C32H38N4O12. The molecule has 16 nitrogen and oxygen atoms in total. The van der Waals surface area contributed by atoms with Crippen molar-refractivity contribution < 1.29 is 48.3 Å². The minimum absolute atomic E-state index is 0.0548. The predicted molar refractivity (Wildman–Crippen MR) is 174 cm³/mol. The summed E-state index contributed by atoms with van der Waals surface area (Å²) in [6.45, 7) is 6.62. The van der Waals surface area contributed by atoms with Crippen LogP contribution in [0.4, 0.5) is 5.69 Å². The van der Waals surface area contributed by atoms with Crippen molar-refractivity contribution in [2.45, 2.75) is 33.8 Å². The zero-order chi connectivity index (χ0) is 35.4. The van der Waals surface area contributed by atoms with Crippen LogP contribution in [0.25, 0.3) is 0 Å². The average Bonchev–Trinajstić information content (AvgIpc) is 3.06. The van der Waals surface area contributed by atoms with E-state index in [1.54, 1.807) is 21.3 Å². The molecule has 0 heterocycles. The zero-order valence-electron chi connectivity index (χ0n) is 27.7. The van der Waals surface area contributed by atoms with Gasteiger partial charge in [-0.2, -0.15) is 0 Å². The number of nitrogens with zero attached hydrogens (tertiary/aromatic N) is 3. The second-order valence-electron chi connectivity index (χ2n) is 10.3. The van der Waals surface area contributed by atoms with Gasteiger partial charge in [-0.15, -0.1) is 20.2 Å². The van der Waals surface area contributed by atoms with Crippen molar-refractivity contribution in [2.75, 3.05) is 53.0 Å². The molecule has 0 bridgehead atoms. The normalized spacial score (nSPS) is 11.6. The maximum Gasteiger partial charge on any atom is 0.338 e. The molecule has 1 N–H and O–H groups in total. The molecule has 258 valence electrons. The number of rotatable bonds is 17. The molecule has 0 saturated carbocycles. The summed E-state index contributed by atoms with van der Waals surface area (Å²) in [6, 6.07) is 11.5. The van der Waals surface area contributed by atoms with Gasteiger partial charge < -0.3 is 38.7 Å². The summed E-state index contributed by atoms with van der Waals surface area (Å²) in [7, 11) is 4.90. The van der Waals surface area contributed by atoms with Gasteiger partial charge >= 0.3 is 5.97 Å². The summed E-state index contributed by atoms with van der Waals surface area (Å²) >= 11 is 0. The standard InChI is InChI=1S/C32H38N4O12/c1-19-13-27(31(33-5)34-28-15-25(42-6)16-29(43-7)22(28)4)20(2)21(3)30(19)44-11-12-45-32(37)23-9-8-10-24(14-23)46-17-26(48-36(40)41)18-47-35(38)39/h8-10,13-16,26H,11-12,17-18H2,1-7H3,(H,33,34). The smallest absolute Gasteiger partial charge is 0.338 e. The van der Waals surface area contributed by atoms with Crippen LogP contribution in [0, 0.1) is 47.9 Å². The Kier molecular flexibility index (Phi) is 13.1. The number of nitrogens with one attached hydrogen (secondary N) is 1. The quantitative estimate of drug-likeness (QED) is 0.0513. The lowest BCUT2D eigenvalue weighted by atomic mass is 9.97. The van der Waals surface area contributed by atoms with Crippen molar-refractivity contribution >= 4 is 17.5 Å². The SMILES string of the molecule is CN=C(Nc1cc(OC)cc(OC)c1C)c1cc(C)c(OCCOC(=O)c2cccc(OCC(CO[N+](=O)[O-])O[N+](=O)[O-])c2)c(C)c1C. The topological polar surface area (TPSA) is 192 Å². The second kappa shape index (κ2) is 17.2. The number of aryl methyl sites for hydroxylation is 1. The molecule has 1 unspecified atom stereocenters. The first-order valence-corrected chi connectivity index (χ1v) is 14.6. The number of benzene rings is 3. The predicted octanol–water partition coefficient (Wildman–Crippen LogP) is 4.83. The number of ether oxygens (including phenoxy) is 5. The van der Waals surface area contributed by atoms with Gasteiger partial charge in [0.2, 0.25) is 0 Å². The van der Waals surface area contributed by atoms with E-state index in [2.05, 4.69) is 20.0 Å². The third kappa shape index (κ3) is 9.85. The Balaban J connectivity index is 1.62. The van der Waals surface area contributed by atoms with Crippen LogP contribution in [-0.4, -0.2) is 75.8 Å². The van der Waals surface area contributed by atoms with Crippen LogP contribution in [0.3, 0.4) is 0 Å². The lowest BCUT2D eigenvalue weighted by molar-refractivity contribution is -0.790. The number of methoxy groups -OCH3 is 2. The number of hydrogen-bond donors (Lipinski definition) is 1. The van der Waals surface area contributed by atoms with Gasteiger partial charge in [-0.25, -0.2) is 4.79 Å². The van der Waals surface area contributed by atoms with Crippen molar-refractivity contribution in [1.82, 2.24) is 0 Å². The monoisotopic (exact) mass is 670 g/mol. The fourth-order valence-electron chi connectivity index (χ4n) is 4.66. The molecule has 16 heteroatoms. The summed E-state index contributed by atoms with van der Waals surface area (Å²) in [6.07, 6.45) is -1.37. The van der Waals surface area contributed by atoms with Gasteiger partial charge in [-0.1, -0.05) is 6.07 Å². The van der Waals surface area contributed by atoms with E-state index in [1.165, 1.54) is 24.3 Å². The number of carbonyl (C=O) groups excluding carboxylic acids is 1. The number of carbonyl (C=O) groups is 1. The van der Waals surface area contributed by atoms with Crippen LogP contribution < -0.4 is 24.3 Å². The Labute approximate surface area is 276 Å². The summed E-state index contributed by atoms with van der Waals surface area (Å²) in [5.74, 6) is 2.13. The van der Waals surface area contributed by atoms with E-state index in [1.807, 2.05) is 45.9 Å². The van der Waals surface area contributed by atoms with Crippen molar-refractivity contribution in [3.05, 3.63) is 96.1 Å². The number of hydrogen-bond acceptors (Lipinski definition) is 13. The van der Waals surface area contributed by atoms with Gasteiger partial charge in [-0.05, 0) is 68.7 Å². The fraction of sp³-hybridized carbons (Fsp3) is 0.375. The average molecular weight is 671 g/mol. The molecule has 0 saturated heterocycles. The first kappa shape index (κ1) is 36.7. The van der Waals surface area contributed by atoms with E-state index in [0.29, 0.717) is 23.1 Å². The number of anilines is 1. The maximum absolute atomic E-state index is 12.7. The molecule has 3 rings (SSSR count). The maximum atomic E-state index is 12.7. The Morgan fingerprint density at radius 1 is 0.875 bits per heavy atom. The first-order valence-electron chi connectivity index (χ1n) is 14.6. The Morgan fingerprint density at radius 3 is 2.27 bits per heavy atom. The molecule has 3 aromatic carbocycles. The number of esters is 1. The molecule has 0 spiro atoms. The molecule has 0 amide bonds. The van der Waals surface area contributed by atoms with E-state index in [-0.39, 0.29) is 24.5 Å². The lowest BCUT2D eigenvalue weighted by Gasteiger charge is -2.20. The molecule has 0 aliphatic rings. The highest BCUT2D eigenvalue weighted by Gasteiger charge is 2.19. The van der Waals surface area contributed by atoms with E-state index >= 15 is 0 Å². The summed E-state index contributed by atoms with van der Waals surface area (Å²) in [5.41, 5.74) is 5.42. The highest BCUT2D eigenvalue weighted by molar-refractivity contribution is 6.10. The molecule has 48 heavy (non-hydrogen) atoms. The van der Waals surface area contributed by atoms with Gasteiger partial charge in [0.15, 0.2) is 6.10 Å². The largest absolute Gasteiger partial charge is 0.497 e. The molecule has 0 aromatic heterocycles. The van der Waals surface area contributed by atoms with Gasteiger partial charge in [-0.3, -0.25) is 4.99 Å². The molecular weight excluding hydrogens is 632 g/mol. The number of amidine groups is 1. The molecule has 0 aliphatic heterocycles. The molecule has 0 radical (unpaired) electrons. The third-order valence-corrected chi connectivity index (χ3v) is 7.22. The van der Waals surface area contributed by atoms with E-state index in [4.69, 9.17) is 23.7 Å². The minimum atomic E-state index is -1.37. The second-order valence-corrected chi connectivity index (χ2v) is 10.3. The van der Waals surface area contributed by atoms with Crippen LogP contribution >= 0.6 is 0 Å². The van der Waals surface area contributed by atoms with Crippen molar-refractivity contribution in [3.63, 3.8) is 0 Å². The summed E-state index contributed by atoms with van der Waals surface area (Å²) in [5, 5.41) is 22.3. The Bertz CT molecular complexity index is 1660. The fourth-order valence-corrected chi connectivity index (χ4v) is 4.66. The van der Waals surface area contributed by atoms with E-state index < -0.39 is 35.5 Å². The van der Waals surface area contributed by atoms with Crippen molar-refractivity contribution in [3.8, 4) is 23.0 Å². The third-order valence-electron chi connectivity index (χ3n) is 7.22. The number of aliphatic imine (C=N–C) groups is 1. The summed E-state index contributed by atoms with van der Waals surface area (Å²) < 4.78 is 27.8. The van der Waals surface area contributed by atoms with E-state index in [0.717, 1.165) is 33.5 Å². The van der Waals surface area contributed by atoms with Crippen LogP contribution in [0.15, 0.2) is 47.5 Å².